The van der Waals surface area contributed by atoms with E-state index in [-0.39, 0.29) is 11.7 Å². The number of carbonyl (C=O) groups is 1. The Hall–Kier alpha value is -1.97. The van der Waals surface area contributed by atoms with Crippen molar-refractivity contribution < 1.29 is 9.18 Å². The summed E-state index contributed by atoms with van der Waals surface area (Å²) < 4.78 is 13.1. The van der Waals surface area contributed by atoms with Crippen LogP contribution < -0.4 is 5.32 Å². The van der Waals surface area contributed by atoms with Crippen molar-refractivity contribution in [2.24, 2.45) is 5.92 Å². The normalized spacial score (nSPS) is 14.6. The van der Waals surface area contributed by atoms with Crippen molar-refractivity contribution in [1.82, 2.24) is 10.3 Å². The molecule has 0 saturated heterocycles. The third-order valence-corrected chi connectivity index (χ3v) is 3.46. The lowest BCUT2D eigenvalue weighted by molar-refractivity contribution is 0.0951. The summed E-state index contributed by atoms with van der Waals surface area (Å²) in [5.41, 5.74) is 1.78. The molecule has 1 fully saturated rings. The average Bonchev–Trinajstić information content (AvgIpc) is 3.19. The Kier molecular flexibility index (Phi) is 2.93. The fourth-order valence-electron chi connectivity index (χ4n) is 2.12. The van der Waals surface area contributed by atoms with Gasteiger partial charge in [-0.25, -0.2) is 4.39 Å². The van der Waals surface area contributed by atoms with E-state index in [0.29, 0.717) is 22.7 Å². The number of hydrogen-bond acceptors (Lipinski definition) is 2. The summed E-state index contributed by atoms with van der Waals surface area (Å²) in [6.07, 6.45) is 2.41. The van der Waals surface area contributed by atoms with Crippen LogP contribution in [0.2, 0.25) is 0 Å². The molecule has 1 aromatic carbocycles. The van der Waals surface area contributed by atoms with Crippen molar-refractivity contribution in [3.05, 3.63) is 41.3 Å². The molecular weight excluding hydrogens is 243 g/mol. The van der Waals surface area contributed by atoms with E-state index in [9.17, 15) is 9.18 Å². The molecule has 0 spiro atoms. The van der Waals surface area contributed by atoms with Crippen molar-refractivity contribution in [2.75, 3.05) is 6.54 Å². The second kappa shape index (κ2) is 4.61. The molecule has 1 N–H and O–H groups in total. The molecule has 1 saturated carbocycles. The molecule has 1 aliphatic carbocycles. The summed E-state index contributed by atoms with van der Waals surface area (Å²) in [6.45, 7) is 2.51. The lowest BCUT2D eigenvalue weighted by atomic mass is 10.1. The molecule has 0 aliphatic heterocycles. The van der Waals surface area contributed by atoms with E-state index in [1.165, 1.54) is 25.0 Å². The summed E-state index contributed by atoms with van der Waals surface area (Å²) in [6, 6.07) is 6.19. The fraction of sp³-hybridized carbons (Fsp3) is 0.333. The van der Waals surface area contributed by atoms with Crippen LogP contribution in [-0.2, 0) is 0 Å². The molecule has 1 aromatic heterocycles. The SMILES string of the molecule is Cc1nc2cc(F)ccc2cc1C(=O)NCC1CC1. The minimum Gasteiger partial charge on any atom is -0.352 e. The molecule has 1 aliphatic rings. The van der Waals surface area contributed by atoms with Crippen molar-refractivity contribution in [1.29, 1.82) is 0 Å². The lowest BCUT2D eigenvalue weighted by Gasteiger charge is -2.08. The lowest BCUT2D eigenvalue weighted by Crippen LogP contribution is -2.26. The van der Waals surface area contributed by atoms with Crippen LogP contribution in [0.3, 0.4) is 0 Å². The first-order valence-corrected chi connectivity index (χ1v) is 6.48. The fourth-order valence-corrected chi connectivity index (χ4v) is 2.12. The van der Waals surface area contributed by atoms with Gasteiger partial charge in [-0.3, -0.25) is 9.78 Å². The van der Waals surface area contributed by atoms with Crippen LogP contribution >= 0.6 is 0 Å². The number of fused-ring (bicyclic) bond motifs is 1. The highest BCUT2D eigenvalue weighted by Gasteiger charge is 2.22. The molecule has 0 radical (unpaired) electrons. The Labute approximate surface area is 110 Å². The number of nitrogens with zero attached hydrogens (tertiary/aromatic N) is 1. The van der Waals surface area contributed by atoms with Gasteiger partial charge in [0.25, 0.3) is 5.91 Å². The van der Waals surface area contributed by atoms with Gasteiger partial charge in [-0.1, -0.05) is 0 Å². The Balaban J connectivity index is 1.91. The molecule has 0 atom stereocenters. The first kappa shape index (κ1) is 12.1. The highest BCUT2D eigenvalue weighted by molar-refractivity contribution is 5.98. The Morgan fingerprint density at radius 2 is 2.21 bits per heavy atom. The molecule has 1 heterocycles. The van der Waals surface area contributed by atoms with Gasteiger partial charge in [0.15, 0.2) is 0 Å². The second-order valence-corrected chi connectivity index (χ2v) is 5.11. The summed E-state index contributed by atoms with van der Waals surface area (Å²) in [5, 5.41) is 3.71. The van der Waals surface area contributed by atoms with Crippen LogP contribution in [0.15, 0.2) is 24.3 Å². The number of benzene rings is 1. The Morgan fingerprint density at radius 1 is 1.42 bits per heavy atom. The summed E-state index contributed by atoms with van der Waals surface area (Å²) in [4.78, 5) is 16.4. The smallest absolute Gasteiger partial charge is 0.253 e. The van der Waals surface area contributed by atoms with Gasteiger partial charge in [-0.05, 0) is 43.9 Å². The van der Waals surface area contributed by atoms with Crippen LogP contribution in [-0.4, -0.2) is 17.4 Å². The van der Waals surface area contributed by atoms with Crippen LogP contribution in [0.5, 0.6) is 0 Å². The molecule has 19 heavy (non-hydrogen) atoms. The van der Waals surface area contributed by atoms with Crippen LogP contribution in [0.25, 0.3) is 10.9 Å². The number of halogens is 1. The number of pyridine rings is 1. The third-order valence-electron chi connectivity index (χ3n) is 3.46. The molecule has 3 rings (SSSR count). The zero-order valence-electron chi connectivity index (χ0n) is 10.7. The molecule has 2 aromatic rings. The van der Waals surface area contributed by atoms with Gasteiger partial charge in [-0.2, -0.15) is 0 Å². The summed E-state index contributed by atoms with van der Waals surface area (Å²) in [5.74, 6) is 0.236. The Bertz CT molecular complexity index is 650. The van der Waals surface area contributed by atoms with Gasteiger partial charge in [-0.15, -0.1) is 0 Å². The first-order valence-electron chi connectivity index (χ1n) is 6.48. The quantitative estimate of drug-likeness (QED) is 0.919. The molecule has 0 bridgehead atoms. The summed E-state index contributed by atoms with van der Waals surface area (Å²) in [7, 11) is 0. The molecule has 98 valence electrons. The highest BCUT2D eigenvalue weighted by Crippen LogP contribution is 2.27. The van der Waals surface area contributed by atoms with Crippen molar-refractivity contribution in [3.63, 3.8) is 0 Å². The first-order chi connectivity index (χ1) is 9.13. The van der Waals surface area contributed by atoms with E-state index >= 15 is 0 Å². The standard InChI is InChI=1S/C15H15FN2O/c1-9-13(15(19)17-8-10-2-3-10)6-11-4-5-12(16)7-14(11)18-9/h4-7,10H,2-3,8H2,1H3,(H,17,19). The van der Waals surface area contributed by atoms with Gasteiger partial charge in [0.1, 0.15) is 5.82 Å². The minimum absolute atomic E-state index is 0.0943. The molecule has 0 unspecified atom stereocenters. The number of nitrogens with one attached hydrogen (secondary N) is 1. The van der Waals surface area contributed by atoms with E-state index in [2.05, 4.69) is 10.3 Å². The maximum atomic E-state index is 13.1. The van der Waals surface area contributed by atoms with Gasteiger partial charge >= 0.3 is 0 Å². The van der Waals surface area contributed by atoms with E-state index in [1.54, 1.807) is 19.1 Å². The highest BCUT2D eigenvalue weighted by atomic mass is 19.1. The van der Waals surface area contributed by atoms with Gasteiger partial charge in [0, 0.05) is 18.0 Å². The second-order valence-electron chi connectivity index (χ2n) is 5.11. The predicted octanol–water partition coefficient (Wildman–Crippen LogP) is 2.82. The number of amides is 1. The van der Waals surface area contributed by atoms with Crippen LogP contribution in [0.4, 0.5) is 4.39 Å². The maximum Gasteiger partial charge on any atom is 0.253 e. The summed E-state index contributed by atoms with van der Waals surface area (Å²) >= 11 is 0. The number of aryl methyl sites for hydroxylation is 1. The van der Waals surface area contributed by atoms with E-state index in [0.717, 1.165) is 11.9 Å². The largest absolute Gasteiger partial charge is 0.352 e. The molecule has 4 heteroatoms. The monoisotopic (exact) mass is 258 g/mol. The number of hydrogen-bond donors (Lipinski definition) is 1. The van der Waals surface area contributed by atoms with E-state index < -0.39 is 0 Å². The van der Waals surface area contributed by atoms with Crippen LogP contribution in [0.1, 0.15) is 28.9 Å². The van der Waals surface area contributed by atoms with Gasteiger partial charge < -0.3 is 5.32 Å². The van der Waals surface area contributed by atoms with Crippen molar-refractivity contribution in [3.8, 4) is 0 Å². The van der Waals surface area contributed by atoms with Gasteiger partial charge in [0.2, 0.25) is 0 Å². The van der Waals surface area contributed by atoms with Crippen LogP contribution in [0, 0.1) is 18.7 Å². The van der Waals surface area contributed by atoms with Gasteiger partial charge in [0.05, 0.1) is 16.8 Å². The number of aromatic nitrogens is 1. The van der Waals surface area contributed by atoms with E-state index in [4.69, 9.17) is 0 Å². The number of rotatable bonds is 3. The zero-order chi connectivity index (χ0) is 13.4. The Morgan fingerprint density at radius 3 is 2.95 bits per heavy atom. The topological polar surface area (TPSA) is 42.0 Å². The molecule has 3 nitrogen and oxygen atoms in total. The maximum absolute atomic E-state index is 13.1. The van der Waals surface area contributed by atoms with E-state index in [1.807, 2.05) is 0 Å². The van der Waals surface area contributed by atoms with Crippen molar-refractivity contribution in [2.45, 2.75) is 19.8 Å². The zero-order valence-corrected chi connectivity index (χ0v) is 10.7. The number of carbonyl (C=O) groups excluding carboxylic acids is 1. The molecular formula is C15H15FN2O. The molecule has 1 amide bonds. The third kappa shape index (κ3) is 2.57. The minimum atomic E-state index is -0.315. The van der Waals surface area contributed by atoms with Crippen molar-refractivity contribution >= 4 is 16.8 Å². The predicted molar refractivity (Wildman–Crippen MR) is 71.5 cm³/mol. The average molecular weight is 258 g/mol.